The molecule has 4 aromatic carbocycles. The molecule has 152 valence electrons. The molecule has 5 heteroatoms. The lowest BCUT2D eigenvalue weighted by atomic mass is 10.2. The predicted molar refractivity (Wildman–Crippen MR) is 121 cm³/mol. The predicted octanol–water partition coefficient (Wildman–Crippen LogP) is 6.45. The minimum absolute atomic E-state index is 0.235. The third kappa shape index (κ3) is 5.19. The van der Waals surface area contributed by atoms with Gasteiger partial charge in [0.1, 0.15) is 34.6 Å². The van der Waals surface area contributed by atoms with E-state index in [4.69, 9.17) is 9.47 Å². The van der Waals surface area contributed by atoms with Crippen molar-refractivity contribution in [2.75, 3.05) is 0 Å². The Morgan fingerprint density at radius 2 is 1.26 bits per heavy atom. The molecule has 0 aliphatic carbocycles. The molecule has 0 saturated carbocycles. The molecular formula is C26H19NO3S. The summed E-state index contributed by atoms with van der Waals surface area (Å²) in [6.45, 7) is 0. The zero-order chi connectivity index (χ0) is 21.5. The number of ether oxygens (including phenoxy) is 2. The van der Waals surface area contributed by atoms with Crippen molar-refractivity contribution in [1.82, 2.24) is 0 Å². The summed E-state index contributed by atoms with van der Waals surface area (Å²) in [6, 6.07) is 33.5. The number of benzene rings is 4. The second-order valence-electron chi connectivity index (χ2n) is 6.71. The summed E-state index contributed by atoms with van der Waals surface area (Å²) in [5.74, 6) is 2.26. The van der Waals surface area contributed by atoms with Crippen molar-refractivity contribution in [3.63, 3.8) is 0 Å². The van der Waals surface area contributed by atoms with Crippen LogP contribution >= 0.6 is 0 Å². The molecule has 0 fully saturated rings. The maximum atomic E-state index is 13.3. The topological polar surface area (TPSA) is 59.3 Å². The van der Waals surface area contributed by atoms with E-state index in [0.717, 1.165) is 5.56 Å². The first-order valence-electron chi connectivity index (χ1n) is 9.69. The molecule has 0 amide bonds. The molecule has 0 aromatic heterocycles. The first-order valence-corrected chi connectivity index (χ1v) is 11.0. The Bertz CT molecular complexity index is 1220. The van der Waals surface area contributed by atoms with Crippen LogP contribution in [0.5, 0.6) is 23.0 Å². The summed E-state index contributed by atoms with van der Waals surface area (Å²) >= 11 is 0. The van der Waals surface area contributed by atoms with Crippen LogP contribution < -0.4 is 9.47 Å². The summed E-state index contributed by atoms with van der Waals surface area (Å²) < 4.78 is 25.2. The second-order valence-corrected chi connectivity index (χ2v) is 8.13. The number of rotatable bonds is 7. The monoisotopic (exact) mass is 425 g/mol. The lowest BCUT2D eigenvalue weighted by Gasteiger charge is -2.14. The van der Waals surface area contributed by atoms with Crippen LogP contribution in [0.1, 0.15) is 11.1 Å². The number of hydrogen-bond acceptors (Lipinski definition) is 4. The van der Waals surface area contributed by atoms with Crippen molar-refractivity contribution in [2.24, 2.45) is 0 Å². The molecule has 4 aromatic rings. The van der Waals surface area contributed by atoms with Crippen molar-refractivity contribution in [3.05, 3.63) is 114 Å². The van der Waals surface area contributed by atoms with Crippen LogP contribution in [-0.2, 0) is 16.6 Å². The zero-order valence-electron chi connectivity index (χ0n) is 16.6. The molecule has 4 rings (SSSR count). The largest absolute Gasteiger partial charge is 0.457 e. The molecule has 0 N–H and O–H groups in total. The minimum atomic E-state index is -1.46. The van der Waals surface area contributed by atoms with Crippen molar-refractivity contribution >= 4 is 10.8 Å². The van der Waals surface area contributed by atoms with Crippen LogP contribution in [0.15, 0.2) is 108 Å². The van der Waals surface area contributed by atoms with E-state index in [-0.39, 0.29) is 11.3 Å². The molecule has 0 saturated heterocycles. The number of hydrogen-bond donors (Lipinski definition) is 0. The van der Waals surface area contributed by atoms with Gasteiger partial charge >= 0.3 is 0 Å². The van der Waals surface area contributed by atoms with Crippen molar-refractivity contribution in [2.45, 2.75) is 10.6 Å². The standard InChI is InChI=1S/C26H19NO3S/c27-18-24-25(30-22-14-8-3-9-15-22)16-23(29-21-12-6-2-7-13-21)17-26(24)31(28)19-20-10-4-1-5-11-20/h1-17H,19H2/t31-/m1/s1. The molecule has 0 heterocycles. The van der Waals surface area contributed by atoms with Gasteiger partial charge in [-0.1, -0.05) is 66.7 Å². The van der Waals surface area contributed by atoms with E-state index in [1.807, 2.05) is 78.9 Å². The summed E-state index contributed by atoms with van der Waals surface area (Å²) in [6.07, 6.45) is 0. The Kier molecular flexibility index (Phi) is 6.41. The lowest BCUT2D eigenvalue weighted by Crippen LogP contribution is -2.02. The Balaban J connectivity index is 1.75. The van der Waals surface area contributed by atoms with Crippen LogP contribution in [0, 0.1) is 11.3 Å². The van der Waals surface area contributed by atoms with E-state index in [0.29, 0.717) is 27.9 Å². The second kappa shape index (κ2) is 9.75. The first kappa shape index (κ1) is 20.4. The van der Waals surface area contributed by atoms with E-state index in [2.05, 4.69) is 6.07 Å². The highest BCUT2D eigenvalue weighted by atomic mass is 32.2. The molecule has 0 aliphatic rings. The number of nitriles is 1. The molecule has 31 heavy (non-hydrogen) atoms. The van der Waals surface area contributed by atoms with E-state index in [9.17, 15) is 9.47 Å². The average molecular weight is 426 g/mol. The smallest absolute Gasteiger partial charge is 0.150 e. The highest BCUT2D eigenvalue weighted by Gasteiger charge is 2.19. The van der Waals surface area contributed by atoms with Gasteiger partial charge in [-0.3, -0.25) is 4.21 Å². The van der Waals surface area contributed by atoms with Crippen LogP contribution in [0.4, 0.5) is 0 Å². The Morgan fingerprint density at radius 1 is 0.710 bits per heavy atom. The van der Waals surface area contributed by atoms with E-state index >= 15 is 0 Å². The van der Waals surface area contributed by atoms with Gasteiger partial charge in [0.25, 0.3) is 0 Å². The third-order valence-electron chi connectivity index (χ3n) is 4.49. The van der Waals surface area contributed by atoms with E-state index in [1.165, 1.54) is 0 Å². The molecule has 0 unspecified atom stereocenters. The number of nitrogens with zero attached hydrogens (tertiary/aromatic N) is 1. The van der Waals surface area contributed by atoms with E-state index < -0.39 is 10.8 Å². The van der Waals surface area contributed by atoms with Gasteiger partial charge in [0.2, 0.25) is 0 Å². The fraction of sp³-hybridized carbons (Fsp3) is 0.0385. The normalized spacial score (nSPS) is 11.3. The highest BCUT2D eigenvalue weighted by Crippen LogP contribution is 2.36. The van der Waals surface area contributed by atoms with Crippen LogP contribution in [0.2, 0.25) is 0 Å². The van der Waals surface area contributed by atoms with Crippen LogP contribution in [0.3, 0.4) is 0 Å². The quantitative estimate of drug-likeness (QED) is 0.341. The van der Waals surface area contributed by atoms with E-state index in [1.54, 1.807) is 24.3 Å². The maximum Gasteiger partial charge on any atom is 0.150 e. The minimum Gasteiger partial charge on any atom is -0.457 e. The summed E-state index contributed by atoms with van der Waals surface area (Å²) in [5, 5.41) is 9.87. The summed E-state index contributed by atoms with van der Waals surface area (Å²) in [5.41, 5.74) is 1.16. The summed E-state index contributed by atoms with van der Waals surface area (Å²) in [7, 11) is -1.46. The van der Waals surface area contributed by atoms with Gasteiger partial charge in [-0.05, 0) is 35.9 Å². The SMILES string of the molecule is N#Cc1c(Oc2ccccc2)cc(Oc2ccccc2)cc1[S@](=O)Cc1ccccc1. The van der Waals surface area contributed by atoms with Gasteiger partial charge in [-0.2, -0.15) is 5.26 Å². The molecule has 1 atom stereocenters. The van der Waals surface area contributed by atoms with Gasteiger partial charge in [-0.15, -0.1) is 0 Å². The van der Waals surface area contributed by atoms with Gasteiger partial charge in [0.05, 0.1) is 21.4 Å². The zero-order valence-corrected chi connectivity index (χ0v) is 17.4. The highest BCUT2D eigenvalue weighted by molar-refractivity contribution is 7.84. The molecular weight excluding hydrogens is 406 g/mol. The fourth-order valence-electron chi connectivity index (χ4n) is 3.04. The van der Waals surface area contributed by atoms with Crippen molar-refractivity contribution in [3.8, 4) is 29.1 Å². The third-order valence-corrected chi connectivity index (χ3v) is 5.90. The van der Waals surface area contributed by atoms with Crippen molar-refractivity contribution in [1.29, 1.82) is 5.26 Å². The Morgan fingerprint density at radius 3 is 1.84 bits per heavy atom. The Hall–Kier alpha value is -3.88. The van der Waals surface area contributed by atoms with Gasteiger partial charge in [0, 0.05) is 6.07 Å². The molecule has 0 radical (unpaired) electrons. The van der Waals surface area contributed by atoms with Crippen LogP contribution in [0.25, 0.3) is 0 Å². The molecule has 4 nitrogen and oxygen atoms in total. The fourth-order valence-corrected chi connectivity index (χ4v) is 4.31. The van der Waals surface area contributed by atoms with Gasteiger partial charge in [-0.25, -0.2) is 0 Å². The van der Waals surface area contributed by atoms with Gasteiger partial charge < -0.3 is 9.47 Å². The average Bonchev–Trinajstić information content (AvgIpc) is 2.81. The van der Waals surface area contributed by atoms with Crippen molar-refractivity contribution < 1.29 is 13.7 Å². The van der Waals surface area contributed by atoms with Crippen LogP contribution in [-0.4, -0.2) is 4.21 Å². The molecule has 0 bridgehead atoms. The number of para-hydroxylation sites is 2. The first-order chi connectivity index (χ1) is 15.2. The molecule has 0 spiro atoms. The summed E-state index contributed by atoms with van der Waals surface area (Å²) in [4.78, 5) is 0.380. The van der Waals surface area contributed by atoms with Gasteiger partial charge in [0.15, 0.2) is 0 Å². The Labute approximate surface area is 183 Å². The molecule has 0 aliphatic heterocycles. The maximum absolute atomic E-state index is 13.3. The lowest BCUT2D eigenvalue weighted by molar-refractivity contribution is 0.456.